The summed E-state index contributed by atoms with van der Waals surface area (Å²) < 4.78 is 0. The van der Waals surface area contributed by atoms with Gasteiger partial charge in [-0.25, -0.2) is 0 Å². The van der Waals surface area contributed by atoms with Crippen LogP contribution in [-0.4, -0.2) is 79.7 Å². The fourth-order valence-corrected chi connectivity index (χ4v) is 5.44. The first-order chi connectivity index (χ1) is 20.7. The summed E-state index contributed by atoms with van der Waals surface area (Å²) in [5, 5.41) is 65.0. The Morgan fingerprint density at radius 1 is 1.07 bits per heavy atom. The third-order valence-electron chi connectivity index (χ3n) is 8.10. The van der Waals surface area contributed by atoms with Crippen LogP contribution in [0.5, 0.6) is 0 Å². The molecule has 0 unspecified atom stereocenters. The summed E-state index contributed by atoms with van der Waals surface area (Å²) in [6.07, 6.45) is 7.73. The Labute approximate surface area is 257 Å². The molecule has 43 heavy (non-hydrogen) atoms. The number of aryl methyl sites for hydroxylation is 1. The third kappa shape index (κ3) is 13.8. The summed E-state index contributed by atoms with van der Waals surface area (Å²) in [5.74, 6) is 5.72. The highest BCUT2D eigenvalue weighted by Gasteiger charge is 2.26. The Kier molecular flexibility index (Phi) is 17.4. The third-order valence-corrected chi connectivity index (χ3v) is 8.10. The topological polar surface area (TPSA) is 150 Å². The van der Waals surface area contributed by atoms with Crippen LogP contribution in [0.15, 0.2) is 47.6 Å². The van der Waals surface area contributed by atoms with Crippen molar-refractivity contribution < 1.29 is 35.4 Å². The zero-order valence-electron chi connectivity index (χ0n) is 25.9. The average molecular weight is 600 g/mol. The maximum atomic E-state index is 10.9. The average Bonchev–Trinajstić information content (AvgIpc) is 2.98. The molecule has 0 bridgehead atoms. The minimum atomic E-state index is -1.05. The van der Waals surface area contributed by atoms with Crippen LogP contribution in [0.25, 0.3) is 0 Å². The lowest BCUT2D eigenvalue weighted by Gasteiger charge is -2.31. The molecule has 2 rings (SSSR count). The Morgan fingerprint density at radius 3 is 2.51 bits per heavy atom. The molecular weight excluding hydrogens is 546 g/mol. The molecule has 0 saturated heterocycles. The number of nitrogens with one attached hydrogen (secondary N) is 1. The van der Waals surface area contributed by atoms with E-state index in [1.807, 2.05) is 37.3 Å². The van der Waals surface area contributed by atoms with Gasteiger partial charge in [0.05, 0.1) is 31.0 Å². The first-order valence-electron chi connectivity index (χ1n) is 15.9. The molecule has 0 radical (unpaired) electrons. The monoisotopic (exact) mass is 599 g/mol. The molecule has 0 aromatic heterocycles. The van der Waals surface area contributed by atoms with Crippen LogP contribution in [0, 0.1) is 11.8 Å². The first kappa shape index (κ1) is 36.7. The zero-order chi connectivity index (χ0) is 31.6. The van der Waals surface area contributed by atoms with Crippen molar-refractivity contribution in [2.45, 2.75) is 134 Å². The van der Waals surface area contributed by atoms with Gasteiger partial charge in [-0.1, -0.05) is 81.2 Å². The van der Waals surface area contributed by atoms with Gasteiger partial charge in [0.2, 0.25) is 0 Å². The Bertz CT molecular complexity index is 1090. The minimum absolute atomic E-state index is 0.140. The van der Waals surface area contributed by atoms with Crippen LogP contribution in [0.4, 0.5) is 0 Å². The van der Waals surface area contributed by atoms with E-state index in [2.05, 4.69) is 17.2 Å². The summed E-state index contributed by atoms with van der Waals surface area (Å²) in [4.78, 5) is 10.9. The van der Waals surface area contributed by atoms with Gasteiger partial charge in [0.1, 0.15) is 0 Å². The molecule has 6 atom stereocenters. The molecular formula is C35H53NO7. The van der Waals surface area contributed by atoms with E-state index in [0.29, 0.717) is 38.5 Å². The molecule has 240 valence electrons. The van der Waals surface area contributed by atoms with Gasteiger partial charge >= 0.3 is 5.97 Å². The normalized spacial score (nSPS) is 20.7. The number of fused-ring (bicyclic) bond motifs is 1. The number of allylic oxidation sites excluding steroid dienone is 2. The number of carboxylic acid groups (broad SMARTS) is 1. The van der Waals surface area contributed by atoms with Gasteiger partial charge in [-0.2, -0.15) is 0 Å². The van der Waals surface area contributed by atoms with Crippen molar-refractivity contribution in [2.75, 3.05) is 6.61 Å². The second-order valence-corrected chi connectivity index (χ2v) is 11.7. The summed E-state index contributed by atoms with van der Waals surface area (Å²) in [5.41, 5.74) is 3.77. The molecule has 0 amide bonds. The summed E-state index contributed by atoms with van der Waals surface area (Å²) in [6, 6.07) is 7.33. The summed E-state index contributed by atoms with van der Waals surface area (Å²) >= 11 is 0. The summed E-state index contributed by atoms with van der Waals surface area (Å²) in [7, 11) is 0. The van der Waals surface area contributed by atoms with E-state index in [9.17, 15) is 30.3 Å². The van der Waals surface area contributed by atoms with Gasteiger partial charge in [0, 0.05) is 30.5 Å². The molecule has 1 aromatic rings. The molecule has 1 aromatic carbocycles. The molecule has 0 saturated carbocycles. The lowest BCUT2D eigenvalue weighted by atomic mass is 9.86. The quantitative estimate of drug-likeness (QED) is 0.105. The molecule has 8 nitrogen and oxygen atoms in total. The van der Waals surface area contributed by atoms with E-state index in [1.165, 1.54) is 0 Å². The van der Waals surface area contributed by atoms with E-state index in [-0.39, 0.29) is 24.9 Å². The number of aliphatic hydroxyl groups excluding tert-OH is 5. The number of aliphatic hydroxyl groups is 5. The van der Waals surface area contributed by atoms with Crippen molar-refractivity contribution >= 4 is 5.97 Å². The van der Waals surface area contributed by atoms with E-state index in [1.54, 1.807) is 13.0 Å². The van der Waals surface area contributed by atoms with Crippen LogP contribution in [0.2, 0.25) is 0 Å². The maximum absolute atomic E-state index is 10.9. The van der Waals surface area contributed by atoms with Gasteiger partial charge in [-0.15, -0.1) is 0 Å². The van der Waals surface area contributed by atoms with Crippen LogP contribution >= 0.6 is 0 Å². The van der Waals surface area contributed by atoms with Gasteiger partial charge < -0.3 is 36.0 Å². The molecule has 1 aliphatic rings. The van der Waals surface area contributed by atoms with E-state index in [4.69, 9.17) is 5.11 Å². The number of carbonyl (C=O) groups is 1. The summed E-state index contributed by atoms with van der Waals surface area (Å²) in [6.45, 7) is 3.35. The second-order valence-electron chi connectivity index (χ2n) is 11.7. The number of hydrogen-bond donors (Lipinski definition) is 7. The smallest absolute Gasteiger partial charge is 0.303 e. The van der Waals surface area contributed by atoms with Crippen LogP contribution in [-0.2, 0) is 11.2 Å². The highest BCUT2D eigenvalue weighted by molar-refractivity contribution is 5.66. The molecule has 0 spiro atoms. The van der Waals surface area contributed by atoms with Crippen molar-refractivity contribution in [1.29, 1.82) is 0 Å². The first-order valence-corrected chi connectivity index (χ1v) is 15.9. The van der Waals surface area contributed by atoms with Gasteiger partial charge in [-0.3, -0.25) is 4.79 Å². The van der Waals surface area contributed by atoms with Crippen molar-refractivity contribution in [1.82, 2.24) is 5.32 Å². The minimum Gasteiger partial charge on any atom is -0.481 e. The molecule has 0 aliphatic carbocycles. The van der Waals surface area contributed by atoms with Gasteiger partial charge in [0.15, 0.2) is 0 Å². The number of carboxylic acids is 1. The lowest BCUT2D eigenvalue weighted by Crippen LogP contribution is -2.46. The van der Waals surface area contributed by atoms with E-state index >= 15 is 0 Å². The fraction of sp³-hybridized carbons (Fsp3) is 0.629. The van der Waals surface area contributed by atoms with Crippen molar-refractivity contribution in [3.63, 3.8) is 0 Å². The van der Waals surface area contributed by atoms with Crippen molar-refractivity contribution in [3.8, 4) is 11.8 Å². The Morgan fingerprint density at radius 2 is 1.81 bits per heavy atom. The zero-order valence-corrected chi connectivity index (χ0v) is 25.9. The molecule has 8 heteroatoms. The number of hydrogen-bond acceptors (Lipinski definition) is 7. The van der Waals surface area contributed by atoms with E-state index in [0.717, 1.165) is 54.4 Å². The molecule has 1 aliphatic heterocycles. The van der Waals surface area contributed by atoms with Crippen LogP contribution < -0.4 is 5.32 Å². The number of rotatable bonds is 17. The number of unbranched alkanes of at least 4 members (excludes halogenated alkanes) is 4. The second kappa shape index (κ2) is 20.4. The van der Waals surface area contributed by atoms with Crippen molar-refractivity contribution in [2.24, 2.45) is 0 Å². The largest absolute Gasteiger partial charge is 0.481 e. The standard InChI is InChI=1S/C35H53NO7/c1-3-4-17-33(40)34(41)22-21-28-20-19-27-13-10-9-12-26(27)14-11-16-31(25(2)38)36-32(30(28)23-29(39)24-37)15-7-5-6-8-18-35(42)43/h9-10,12-13,21-22,25,29,31-34,36-41H,3-8,15-20,23-24H2,1-2H3,(H,42,43)/t25-,29-,31+,32-,33-,34+/m0/s1. The predicted octanol–water partition coefficient (Wildman–Crippen LogP) is 4.02. The lowest BCUT2D eigenvalue weighted by molar-refractivity contribution is -0.137. The van der Waals surface area contributed by atoms with Gasteiger partial charge in [0.25, 0.3) is 0 Å². The van der Waals surface area contributed by atoms with E-state index < -0.39 is 37.0 Å². The number of benzene rings is 1. The molecule has 0 fully saturated rings. The molecule has 1 heterocycles. The van der Waals surface area contributed by atoms with Gasteiger partial charge in [-0.05, 0) is 68.2 Å². The molecule has 7 N–H and O–H groups in total. The van der Waals surface area contributed by atoms with Crippen molar-refractivity contribution in [3.05, 3.63) is 58.7 Å². The fourth-order valence-electron chi connectivity index (χ4n) is 5.44. The predicted molar refractivity (Wildman–Crippen MR) is 169 cm³/mol. The highest BCUT2D eigenvalue weighted by Crippen LogP contribution is 2.27. The van der Waals surface area contributed by atoms with Crippen LogP contribution in [0.1, 0.15) is 102 Å². The Balaban J connectivity index is 2.55. The SMILES string of the molecule is CCCC[C@H](O)[C@H](O)C=CC1=C(C[C@H](O)CO)[C@H](CCCCCCC(=O)O)N[C@@H]([C@H](C)O)CC#Cc2ccccc2CC1. The maximum Gasteiger partial charge on any atom is 0.303 e. The van der Waals surface area contributed by atoms with Crippen LogP contribution in [0.3, 0.4) is 0 Å². The number of aliphatic carboxylic acids is 1. The Hall–Kier alpha value is -2.51. The highest BCUT2D eigenvalue weighted by atomic mass is 16.4.